The number of H-pyrrole nitrogens is 1. The molecule has 0 aliphatic heterocycles. The Bertz CT molecular complexity index is 1080. The van der Waals surface area contributed by atoms with Gasteiger partial charge in [0, 0.05) is 17.6 Å². The second-order valence-corrected chi connectivity index (χ2v) is 8.13. The second-order valence-electron chi connectivity index (χ2n) is 6.36. The molecule has 0 aliphatic rings. The Kier molecular flexibility index (Phi) is 5.25. The first kappa shape index (κ1) is 18.4. The maximum Gasteiger partial charge on any atom is 0.251 e. The number of fused-ring (bicyclic) bond motifs is 1. The van der Waals surface area contributed by atoms with Crippen molar-refractivity contribution in [3.05, 3.63) is 75.6 Å². The highest BCUT2D eigenvalue weighted by molar-refractivity contribution is 7.89. The minimum absolute atomic E-state index is 0.165. The Morgan fingerprint density at radius 1 is 1.04 bits per heavy atom. The van der Waals surface area contributed by atoms with Crippen LogP contribution in [0.4, 0.5) is 0 Å². The van der Waals surface area contributed by atoms with Gasteiger partial charge in [-0.05, 0) is 61.0 Å². The summed E-state index contributed by atoms with van der Waals surface area (Å²) < 4.78 is 27.3. The Morgan fingerprint density at radius 2 is 1.77 bits per heavy atom. The van der Waals surface area contributed by atoms with Gasteiger partial charge < -0.3 is 4.98 Å². The zero-order valence-corrected chi connectivity index (χ0v) is 15.7. The maximum absolute atomic E-state index is 12.4. The van der Waals surface area contributed by atoms with Crippen molar-refractivity contribution in [3.8, 4) is 0 Å². The summed E-state index contributed by atoms with van der Waals surface area (Å²) in [6, 6.07) is 14.5. The molecule has 0 bridgehead atoms. The molecular formula is C20H22N2O3S. The van der Waals surface area contributed by atoms with Crippen LogP contribution in [-0.4, -0.2) is 19.9 Å². The first-order valence-electron chi connectivity index (χ1n) is 8.60. The van der Waals surface area contributed by atoms with Crippen LogP contribution >= 0.6 is 0 Å². The average Bonchev–Trinajstić information content (AvgIpc) is 2.62. The fraction of sp³-hybridized carbons (Fsp3) is 0.250. The molecule has 1 heterocycles. The van der Waals surface area contributed by atoms with Gasteiger partial charge in [0.25, 0.3) is 5.56 Å². The lowest BCUT2D eigenvalue weighted by Crippen LogP contribution is -2.27. The summed E-state index contributed by atoms with van der Waals surface area (Å²) in [4.78, 5) is 15.3. The molecule has 26 heavy (non-hydrogen) atoms. The topological polar surface area (TPSA) is 79.0 Å². The van der Waals surface area contributed by atoms with Gasteiger partial charge in [0.15, 0.2) is 0 Å². The van der Waals surface area contributed by atoms with E-state index in [2.05, 4.69) is 9.71 Å². The molecule has 2 aromatic carbocycles. The van der Waals surface area contributed by atoms with Gasteiger partial charge in [0.05, 0.1) is 4.90 Å². The van der Waals surface area contributed by atoms with Crippen LogP contribution in [0.15, 0.2) is 58.2 Å². The van der Waals surface area contributed by atoms with Crippen LogP contribution in [0, 0.1) is 6.92 Å². The van der Waals surface area contributed by atoms with E-state index in [9.17, 15) is 13.2 Å². The third kappa shape index (κ3) is 4.03. The summed E-state index contributed by atoms with van der Waals surface area (Å²) in [7, 11) is -3.58. The van der Waals surface area contributed by atoms with Gasteiger partial charge in [-0.3, -0.25) is 4.79 Å². The number of rotatable bonds is 6. The minimum Gasteiger partial charge on any atom is -0.322 e. The summed E-state index contributed by atoms with van der Waals surface area (Å²) in [5, 5.41) is 0.942. The van der Waals surface area contributed by atoms with Crippen LogP contribution in [0.3, 0.4) is 0 Å². The molecule has 0 atom stereocenters. The van der Waals surface area contributed by atoms with Gasteiger partial charge in [-0.1, -0.05) is 30.7 Å². The number of aryl methyl sites for hydroxylation is 2. The molecule has 3 aromatic rings. The minimum atomic E-state index is -3.58. The van der Waals surface area contributed by atoms with Gasteiger partial charge in [-0.25, -0.2) is 13.1 Å². The fourth-order valence-electron chi connectivity index (χ4n) is 2.86. The Labute approximate surface area is 153 Å². The molecule has 2 N–H and O–H groups in total. The molecule has 0 amide bonds. The van der Waals surface area contributed by atoms with Crippen molar-refractivity contribution < 1.29 is 8.42 Å². The molecule has 136 valence electrons. The average molecular weight is 370 g/mol. The quantitative estimate of drug-likeness (QED) is 0.700. The summed E-state index contributed by atoms with van der Waals surface area (Å²) in [6.45, 7) is 4.17. The van der Waals surface area contributed by atoms with E-state index in [1.807, 2.05) is 50.2 Å². The van der Waals surface area contributed by atoms with Crippen LogP contribution in [0.25, 0.3) is 10.9 Å². The molecule has 0 fully saturated rings. The zero-order chi connectivity index (χ0) is 18.7. The van der Waals surface area contributed by atoms with Crippen LogP contribution in [-0.2, 0) is 22.9 Å². The van der Waals surface area contributed by atoms with E-state index < -0.39 is 10.0 Å². The first-order chi connectivity index (χ1) is 12.4. The molecule has 3 rings (SSSR count). The standard InChI is InChI=1S/C20H22N2O3S/c1-3-15-5-7-18(8-6-15)26(24,25)21-11-10-16-13-17-12-14(2)4-9-19(17)22-20(16)23/h4-9,12-13,21H,3,10-11H2,1-2H3,(H,22,23). The number of benzene rings is 2. The van der Waals surface area contributed by atoms with Crippen molar-refractivity contribution in [2.75, 3.05) is 6.54 Å². The highest BCUT2D eigenvalue weighted by atomic mass is 32.2. The molecule has 6 heteroatoms. The second kappa shape index (κ2) is 7.43. The van der Waals surface area contributed by atoms with E-state index in [-0.39, 0.29) is 17.0 Å². The van der Waals surface area contributed by atoms with E-state index in [1.165, 1.54) is 0 Å². The molecule has 0 aliphatic carbocycles. The third-order valence-electron chi connectivity index (χ3n) is 4.40. The number of aromatic nitrogens is 1. The molecule has 0 unspecified atom stereocenters. The van der Waals surface area contributed by atoms with Crippen LogP contribution in [0.2, 0.25) is 0 Å². The largest absolute Gasteiger partial charge is 0.322 e. The number of hydrogen-bond donors (Lipinski definition) is 2. The Hall–Kier alpha value is -2.44. The number of hydrogen-bond acceptors (Lipinski definition) is 3. The van der Waals surface area contributed by atoms with E-state index in [4.69, 9.17) is 0 Å². The van der Waals surface area contributed by atoms with Gasteiger partial charge in [-0.2, -0.15) is 0 Å². The van der Waals surface area contributed by atoms with Crippen LogP contribution in [0.1, 0.15) is 23.6 Å². The summed E-state index contributed by atoms with van der Waals surface area (Å²) in [5.41, 5.74) is 3.34. The van der Waals surface area contributed by atoms with Gasteiger partial charge in [-0.15, -0.1) is 0 Å². The van der Waals surface area contributed by atoms with Crippen molar-refractivity contribution in [2.45, 2.75) is 31.6 Å². The van der Waals surface area contributed by atoms with Crippen molar-refractivity contribution in [3.63, 3.8) is 0 Å². The summed E-state index contributed by atoms with van der Waals surface area (Å²) >= 11 is 0. The molecule has 0 spiro atoms. The third-order valence-corrected chi connectivity index (χ3v) is 5.88. The normalized spacial score (nSPS) is 11.8. The molecule has 0 radical (unpaired) electrons. The first-order valence-corrected chi connectivity index (χ1v) is 10.1. The lowest BCUT2D eigenvalue weighted by atomic mass is 10.1. The van der Waals surface area contributed by atoms with Crippen LogP contribution in [0.5, 0.6) is 0 Å². The van der Waals surface area contributed by atoms with E-state index in [1.54, 1.807) is 12.1 Å². The highest BCUT2D eigenvalue weighted by Crippen LogP contribution is 2.14. The Balaban J connectivity index is 1.73. The van der Waals surface area contributed by atoms with E-state index in [0.717, 1.165) is 28.5 Å². The molecule has 1 aromatic heterocycles. The number of pyridine rings is 1. The molecular weight excluding hydrogens is 348 g/mol. The predicted octanol–water partition coefficient (Wildman–Crippen LogP) is 2.92. The Morgan fingerprint density at radius 3 is 2.46 bits per heavy atom. The van der Waals surface area contributed by atoms with Crippen LogP contribution < -0.4 is 10.3 Å². The number of sulfonamides is 1. The van der Waals surface area contributed by atoms with Gasteiger partial charge in [0.2, 0.25) is 10.0 Å². The lowest BCUT2D eigenvalue weighted by Gasteiger charge is -2.08. The smallest absolute Gasteiger partial charge is 0.251 e. The summed E-state index contributed by atoms with van der Waals surface area (Å²) in [5.74, 6) is 0. The SMILES string of the molecule is CCc1ccc(S(=O)(=O)NCCc2cc3cc(C)ccc3[nH]c2=O)cc1. The fourth-order valence-corrected chi connectivity index (χ4v) is 3.90. The summed E-state index contributed by atoms with van der Waals surface area (Å²) in [6.07, 6.45) is 1.18. The zero-order valence-electron chi connectivity index (χ0n) is 14.9. The molecule has 0 saturated carbocycles. The van der Waals surface area contributed by atoms with Gasteiger partial charge >= 0.3 is 0 Å². The van der Waals surface area contributed by atoms with Crippen molar-refractivity contribution >= 4 is 20.9 Å². The highest BCUT2D eigenvalue weighted by Gasteiger charge is 2.13. The van der Waals surface area contributed by atoms with Crippen molar-refractivity contribution in [1.82, 2.24) is 9.71 Å². The van der Waals surface area contributed by atoms with Gasteiger partial charge in [0.1, 0.15) is 0 Å². The van der Waals surface area contributed by atoms with Crippen molar-refractivity contribution in [1.29, 1.82) is 0 Å². The maximum atomic E-state index is 12.4. The number of nitrogens with one attached hydrogen (secondary N) is 2. The van der Waals surface area contributed by atoms with E-state index in [0.29, 0.717) is 12.0 Å². The van der Waals surface area contributed by atoms with Crippen molar-refractivity contribution in [2.24, 2.45) is 0 Å². The molecule has 5 nitrogen and oxygen atoms in total. The van der Waals surface area contributed by atoms with E-state index >= 15 is 0 Å². The lowest BCUT2D eigenvalue weighted by molar-refractivity contribution is 0.581. The monoisotopic (exact) mass is 370 g/mol. The predicted molar refractivity (Wildman–Crippen MR) is 104 cm³/mol. The molecule has 0 saturated heterocycles. The number of aromatic amines is 1.